The average molecular weight is 498 g/mol. The van der Waals surface area contributed by atoms with Crippen molar-refractivity contribution in [3.8, 4) is 5.00 Å². The number of carbonyl (C=O) groups excluding carboxylic acids is 2. The number of fused-ring (bicyclic) bond motifs is 3. The molecule has 0 saturated carbocycles. The lowest BCUT2D eigenvalue weighted by atomic mass is 9.99. The van der Waals surface area contributed by atoms with Crippen LogP contribution in [0, 0.1) is 20.8 Å². The minimum absolute atomic E-state index is 0.115. The van der Waals surface area contributed by atoms with Crippen LogP contribution in [0.25, 0.3) is 5.00 Å². The highest BCUT2D eigenvalue weighted by Crippen LogP contribution is 2.39. The summed E-state index contributed by atoms with van der Waals surface area (Å²) in [6.45, 7) is 8.40. The van der Waals surface area contributed by atoms with Crippen molar-refractivity contribution >= 4 is 40.3 Å². The zero-order valence-corrected chi connectivity index (χ0v) is 21.4. The highest BCUT2D eigenvalue weighted by atomic mass is 35.5. The molecule has 4 rings (SSSR count). The summed E-state index contributed by atoms with van der Waals surface area (Å²) in [6, 6.07) is 7.08. The Morgan fingerprint density at radius 3 is 2.56 bits per heavy atom. The second-order valence-electron chi connectivity index (χ2n) is 8.50. The van der Waals surface area contributed by atoms with E-state index < -0.39 is 6.04 Å². The van der Waals surface area contributed by atoms with E-state index in [0.717, 1.165) is 39.6 Å². The Hall–Kier alpha value is -2.84. The number of Topliss-reactive ketones (excluding diaryl/α,β-unsaturated/α-hetero) is 1. The highest BCUT2D eigenvalue weighted by Gasteiger charge is 2.32. The maximum absolute atomic E-state index is 12.8. The van der Waals surface area contributed by atoms with Crippen molar-refractivity contribution in [2.24, 2.45) is 4.99 Å². The fourth-order valence-corrected chi connectivity index (χ4v) is 5.47. The molecule has 9 heteroatoms. The van der Waals surface area contributed by atoms with Crippen LogP contribution in [-0.2, 0) is 9.59 Å². The van der Waals surface area contributed by atoms with Gasteiger partial charge in [-0.1, -0.05) is 30.7 Å². The molecule has 1 aliphatic heterocycles. The molecule has 34 heavy (non-hydrogen) atoms. The number of halogens is 1. The second kappa shape index (κ2) is 10.2. The molecule has 1 aliphatic rings. The number of aliphatic imine (C=N–C) groups is 1. The summed E-state index contributed by atoms with van der Waals surface area (Å²) in [5, 5.41) is 13.3. The van der Waals surface area contributed by atoms with E-state index in [2.05, 4.69) is 29.4 Å². The van der Waals surface area contributed by atoms with Crippen molar-refractivity contribution in [1.29, 1.82) is 0 Å². The van der Waals surface area contributed by atoms with Crippen molar-refractivity contribution in [3.05, 3.63) is 62.5 Å². The van der Waals surface area contributed by atoms with Crippen LogP contribution in [-0.4, -0.2) is 38.7 Å². The lowest BCUT2D eigenvalue weighted by Gasteiger charge is -2.13. The summed E-state index contributed by atoms with van der Waals surface area (Å²) in [5.41, 5.74) is 3.92. The van der Waals surface area contributed by atoms with Gasteiger partial charge >= 0.3 is 0 Å². The van der Waals surface area contributed by atoms with Gasteiger partial charge in [-0.15, -0.1) is 21.5 Å². The number of nitrogens with zero attached hydrogens (tertiary/aromatic N) is 4. The molecule has 1 N–H and O–H groups in total. The Balaban J connectivity index is 1.72. The van der Waals surface area contributed by atoms with Gasteiger partial charge in [-0.2, -0.15) is 0 Å². The molecule has 3 aromatic rings. The number of nitrogens with one attached hydrogen (secondary N) is 1. The fraction of sp³-hybridized carbons (Fsp3) is 0.400. The molecule has 178 valence electrons. The van der Waals surface area contributed by atoms with Crippen molar-refractivity contribution < 1.29 is 9.59 Å². The van der Waals surface area contributed by atoms with E-state index in [1.807, 2.05) is 42.7 Å². The summed E-state index contributed by atoms with van der Waals surface area (Å²) in [4.78, 5) is 30.9. The third-order valence-electron chi connectivity index (χ3n) is 5.99. The first-order chi connectivity index (χ1) is 16.3. The molecule has 0 bridgehead atoms. The van der Waals surface area contributed by atoms with Crippen molar-refractivity contribution in [2.45, 2.75) is 59.4 Å². The maximum Gasteiger partial charge on any atom is 0.222 e. The molecule has 0 fully saturated rings. The van der Waals surface area contributed by atoms with Crippen LogP contribution < -0.4 is 5.32 Å². The number of thiophene rings is 1. The lowest BCUT2D eigenvalue weighted by molar-refractivity contribution is -0.122. The standard InChI is InChI=1S/C25H28ClN5O2S/c1-5-6-19(32)11-12-27-21(33)13-20-24-30-29-16(4)31(24)25-22(14(2)15(3)34-25)23(28-20)17-7-9-18(26)10-8-17/h7-10,20H,5-6,11-13H2,1-4H3,(H,27,33)/t20-/m0/s1. The number of ketones is 1. The van der Waals surface area contributed by atoms with Crippen LogP contribution in [0.2, 0.25) is 5.02 Å². The van der Waals surface area contributed by atoms with Crippen LogP contribution in [0.5, 0.6) is 0 Å². The van der Waals surface area contributed by atoms with Crippen LogP contribution in [0.4, 0.5) is 0 Å². The normalized spacial score (nSPS) is 14.7. The molecular formula is C25H28ClN5O2S. The molecule has 0 unspecified atom stereocenters. The topological polar surface area (TPSA) is 89.2 Å². The van der Waals surface area contributed by atoms with Crippen molar-refractivity contribution in [2.75, 3.05) is 6.54 Å². The van der Waals surface area contributed by atoms with Gasteiger partial charge in [0.2, 0.25) is 5.91 Å². The predicted octanol–water partition coefficient (Wildman–Crippen LogP) is 5.07. The third kappa shape index (κ3) is 4.83. The molecule has 7 nitrogen and oxygen atoms in total. The number of carbonyl (C=O) groups is 2. The van der Waals surface area contributed by atoms with Crippen molar-refractivity contribution in [3.63, 3.8) is 0 Å². The van der Waals surface area contributed by atoms with Gasteiger partial charge in [-0.05, 0) is 44.9 Å². The highest BCUT2D eigenvalue weighted by molar-refractivity contribution is 7.15. The molecule has 1 aromatic carbocycles. The molecule has 2 aromatic heterocycles. The SMILES string of the molecule is CCCC(=O)CCNC(=O)C[C@@H]1N=C(c2ccc(Cl)cc2)c2c(sc(C)c2C)-n2c(C)nnc21. The zero-order chi connectivity index (χ0) is 24.4. The molecule has 1 atom stereocenters. The van der Waals surface area contributed by atoms with Gasteiger partial charge in [-0.25, -0.2) is 0 Å². The van der Waals surface area contributed by atoms with E-state index in [1.165, 1.54) is 4.88 Å². The molecular weight excluding hydrogens is 470 g/mol. The van der Waals surface area contributed by atoms with E-state index in [9.17, 15) is 9.59 Å². The summed E-state index contributed by atoms with van der Waals surface area (Å²) in [7, 11) is 0. The molecule has 0 aliphatic carbocycles. The van der Waals surface area contributed by atoms with Gasteiger partial charge in [0.05, 0.1) is 12.1 Å². The van der Waals surface area contributed by atoms with E-state index >= 15 is 0 Å². The van der Waals surface area contributed by atoms with E-state index in [4.69, 9.17) is 16.6 Å². The van der Waals surface area contributed by atoms with Gasteiger partial charge in [0.25, 0.3) is 0 Å². The first-order valence-electron chi connectivity index (χ1n) is 11.4. The Morgan fingerprint density at radius 2 is 1.85 bits per heavy atom. The number of hydrogen-bond acceptors (Lipinski definition) is 6. The number of aromatic nitrogens is 3. The first-order valence-corrected chi connectivity index (χ1v) is 12.6. The number of aryl methyl sites for hydroxylation is 2. The number of rotatable bonds is 8. The Bertz CT molecular complexity index is 1260. The number of benzene rings is 1. The molecule has 0 spiro atoms. The van der Waals surface area contributed by atoms with E-state index in [-0.39, 0.29) is 18.1 Å². The lowest BCUT2D eigenvalue weighted by Crippen LogP contribution is -2.27. The molecule has 0 saturated heterocycles. The molecule has 0 radical (unpaired) electrons. The quantitative estimate of drug-likeness (QED) is 0.470. The van der Waals surface area contributed by atoms with Gasteiger partial charge in [0.15, 0.2) is 5.82 Å². The maximum atomic E-state index is 12.8. The molecule has 3 heterocycles. The van der Waals surface area contributed by atoms with Crippen LogP contribution in [0.3, 0.4) is 0 Å². The van der Waals surface area contributed by atoms with Gasteiger partial charge < -0.3 is 5.32 Å². The molecule has 1 amide bonds. The predicted molar refractivity (Wildman–Crippen MR) is 135 cm³/mol. The second-order valence-corrected chi connectivity index (χ2v) is 10.1. The van der Waals surface area contributed by atoms with Gasteiger partial charge in [0, 0.05) is 40.4 Å². The smallest absolute Gasteiger partial charge is 0.222 e. The summed E-state index contributed by atoms with van der Waals surface area (Å²) in [6.07, 6.45) is 1.81. The van der Waals surface area contributed by atoms with Crippen LogP contribution >= 0.6 is 22.9 Å². The van der Waals surface area contributed by atoms with Crippen molar-refractivity contribution in [1.82, 2.24) is 20.1 Å². The van der Waals surface area contributed by atoms with Crippen LogP contribution in [0.15, 0.2) is 29.3 Å². The summed E-state index contributed by atoms with van der Waals surface area (Å²) >= 11 is 7.82. The minimum atomic E-state index is -0.516. The summed E-state index contributed by atoms with van der Waals surface area (Å²) in [5.74, 6) is 1.38. The van der Waals surface area contributed by atoms with E-state index in [0.29, 0.717) is 30.2 Å². The largest absolute Gasteiger partial charge is 0.356 e. The Labute approximate surface area is 208 Å². The van der Waals surface area contributed by atoms with Crippen LogP contribution in [0.1, 0.15) is 71.9 Å². The zero-order valence-electron chi connectivity index (χ0n) is 19.8. The van der Waals surface area contributed by atoms with E-state index in [1.54, 1.807) is 11.3 Å². The monoisotopic (exact) mass is 497 g/mol. The Morgan fingerprint density at radius 1 is 1.12 bits per heavy atom. The fourth-order valence-electron chi connectivity index (χ4n) is 4.13. The third-order valence-corrected chi connectivity index (χ3v) is 7.44. The minimum Gasteiger partial charge on any atom is -0.356 e. The number of hydrogen-bond donors (Lipinski definition) is 1. The number of amides is 1. The van der Waals surface area contributed by atoms with Gasteiger partial charge in [-0.3, -0.25) is 19.1 Å². The summed E-state index contributed by atoms with van der Waals surface area (Å²) < 4.78 is 2.02. The van der Waals surface area contributed by atoms with Gasteiger partial charge in [0.1, 0.15) is 22.7 Å². The average Bonchev–Trinajstić information content (AvgIpc) is 3.27. The first kappa shape index (κ1) is 24.3. The Kier molecular flexibility index (Phi) is 7.28.